The van der Waals surface area contributed by atoms with Crippen molar-refractivity contribution in [3.63, 3.8) is 0 Å². The topological polar surface area (TPSA) is 87.7 Å². The molecule has 1 amide bonds. The molecule has 0 aliphatic carbocycles. The lowest BCUT2D eigenvalue weighted by atomic mass is 9.95. The number of nitrogens with one attached hydrogen (secondary N) is 1. The van der Waals surface area contributed by atoms with E-state index in [1.165, 1.54) is 0 Å². The number of ether oxygens (including phenoxy) is 2. The SMILES string of the molecule is CCOc1cccc(C2c3c(-c4cc(Cl)c(C)cc4O)n[nH]c3C(=O)N2CCOC)c1. The molecule has 2 heterocycles. The lowest BCUT2D eigenvalue weighted by Gasteiger charge is -2.26. The number of aromatic hydroxyl groups is 1. The van der Waals surface area contributed by atoms with E-state index in [0.717, 1.165) is 16.9 Å². The number of rotatable bonds is 7. The fraction of sp³-hybridized carbons (Fsp3) is 0.304. The number of methoxy groups -OCH3 is 1. The van der Waals surface area contributed by atoms with Crippen LogP contribution in [0.1, 0.15) is 40.1 Å². The van der Waals surface area contributed by atoms with Crippen molar-refractivity contribution in [1.82, 2.24) is 15.1 Å². The van der Waals surface area contributed by atoms with Gasteiger partial charge in [-0.25, -0.2) is 0 Å². The van der Waals surface area contributed by atoms with Crippen molar-refractivity contribution in [2.45, 2.75) is 19.9 Å². The molecular weight excluding hydrogens is 418 g/mol. The molecule has 8 heteroatoms. The molecule has 1 aliphatic heterocycles. The van der Waals surface area contributed by atoms with Crippen LogP contribution in [0.15, 0.2) is 36.4 Å². The van der Waals surface area contributed by atoms with Crippen LogP contribution in [0.4, 0.5) is 0 Å². The summed E-state index contributed by atoms with van der Waals surface area (Å²) in [6.07, 6.45) is 0. The third-order valence-corrected chi connectivity index (χ3v) is 5.82. The van der Waals surface area contributed by atoms with Crippen molar-refractivity contribution in [1.29, 1.82) is 0 Å². The van der Waals surface area contributed by atoms with Crippen LogP contribution in [0, 0.1) is 6.92 Å². The van der Waals surface area contributed by atoms with Gasteiger partial charge in [0, 0.05) is 29.8 Å². The Morgan fingerprint density at radius 3 is 2.84 bits per heavy atom. The Morgan fingerprint density at radius 2 is 2.10 bits per heavy atom. The van der Waals surface area contributed by atoms with Crippen molar-refractivity contribution in [3.05, 3.63) is 63.8 Å². The summed E-state index contributed by atoms with van der Waals surface area (Å²) in [7, 11) is 1.60. The molecule has 1 aliphatic rings. The van der Waals surface area contributed by atoms with Crippen LogP contribution in [0.3, 0.4) is 0 Å². The number of amides is 1. The Kier molecular flexibility index (Phi) is 5.89. The summed E-state index contributed by atoms with van der Waals surface area (Å²) in [6.45, 7) is 5.08. The summed E-state index contributed by atoms with van der Waals surface area (Å²) >= 11 is 6.33. The molecule has 2 aromatic carbocycles. The molecule has 2 N–H and O–H groups in total. The first-order valence-electron chi connectivity index (χ1n) is 10.1. The van der Waals surface area contributed by atoms with Crippen molar-refractivity contribution < 1.29 is 19.4 Å². The minimum atomic E-state index is -0.411. The highest BCUT2D eigenvalue weighted by Crippen LogP contribution is 2.45. The normalized spacial score (nSPS) is 15.4. The van der Waals surface area contributed by atoms with Gasteiger partial charge in [-0.05, 0) is 49.2 Å². The molecule has 0 radical (unpaired) electrons. The van der Waals surface area contributed by atoms with Crippen LogP contribution in [0.5, 0.6) is 11.5 Å². The summed E-state index contributed by atoms with van der Waals surface area (Å²) in [6, 6.07) is 10.5. The Bertz CT molecular complexity index is 1130. The standard InChI is InChI=1S/C23H24ClN3O4/c1-4-31-15-7-5-6-14(11-15)22-19-20(16-12-17(24)13(2)10-18(16)28)25-26-21(19)23(29)27(22)8-9-30-3/h5-7,10-12,22,28H,4,8-9H2,1-3H3,(H,25,26). The van der Waals surface area contributed by atoms with E-state index in [1.54, 1.807) is 24.1 Å². The monoisotopic (exact) mass is 441 g/mol. The number of aromatic amines is 1. The zero-order valence-corrected chi connectivity index (χ0v) is 18.4. The van der Waals surface area contributed by atoms with Gasteiger partial charge in [-0.3, -0.25) is 9.89 Å². The predicted octanol–water partition coefficient (Wildman–Crippen LogP) is 4.33. The van der Waals surface area contributed by atoms with Crippen LogP contribution >= 0.6 is 11.6 Å². The Labute approximate surface area is 185 Å². The van der Waals surface area contributed by atoms with Crippen molar-refractivity contribution in [2.75, 3.05) is 26.9 Å². The molecule has 0 bridgehead atoms. The second kappa shape index (κ2) is 8.61. The average Bonchev–Trinajstić information content (AvgIpc) is 3.28. The number of phenols is 1. The molecule has 4 rings (SSSR count). The first-order valence-corrected chi connectivity index (χ1v) is 10.4. The number of aromatic nitrogens is 2. The minimum absolute atomic E-state index is 0.0563. The van der Waals surface area contributed by atoms with Gasteiger partial charge in [0.25, 0.3) is 5.91 Å². The average molecular weight is 442 g/mol. The maximum Gasteiger partial charge on any atom is 0.273 e. The van der Waals surface area contributed by atoms with Crippen molar-refractivity contribution in [2.24, 2.45) is 0 Å². The number of H-pyrrole nitrogens is 1. The first kappa shape index (κ1) is 21.2. The molecule has 0 fully saturated rings. The highest BCUT2D eigenvalue weighted by Gasteiger charge is 2.42. The van der Waals surface area contributed by atoms with Crippen molar-refractivity contribution in [3.8, 4) is 22.8 Å². The summed E-state index contributed by atoms with van der Waals surface area (Å²) in [5.74, 6) is 0.606. The van der Waals surface area contributed by atoms with E-state index >= 15 is 0 Å². The van der Waals surface area contributed by atoms with Gasteiger partial charge < -0.3 is 19.5 Å². The van der Waals surface area contributed by atoms with Crippen molar-refractivity contribution >= 4 is 17.5 Å². The highest BCUT2D eigenvalue weighted by molar-refractivity contribution is 6.31. The molecule has 1 atom stereocenters. The van der Waals surface area contributed by atoms with Gasteiger partial charge in [-0.15, -0.1) is 0 Å². The van der Waals surface area contributed by atoms with Gasteiger partial charge >= 0.3 is 0 Å². The number of benzene rings is 2. The zero-order chi connectivity index (χ0) is 22.1. The summed E-state index contributed by atoms with van der Waals surface area (Å²) in [4.78, 5) is 15.0. The lowest BCUT2D eigenvalue weighted by Crippen LogP contribution is -2.32. The minimum Gasteiger partial charge on any atom is -0.507 e. The Morgan fingerprint density at radius 1 is 1.29 bits per heavy atom. The molecular formula is C23H24ClN3O4. The van der Waals surface area contributed by atoms with Crippen LogP contribution in [0.2, 0.25) is 5.02 Å². The Balaban J connectivity index is 1.88. The third-order valence-electron chi connectivity index (χ3n) is 5.42. The van der Waals surface area contributed by atoms with E-state index in [4.69, 9.17) is 21.1 Å². The summed E-state index contributed by atoms with van der Waals surface area (Å²) in [5.41, 5.74) is 3.71. The van der Waals surface area contributed by atoms with Gasteiger partial charge in [0.1, 0.15) is 22.9 Å². The summed E-state index contributed by atoms with van der Waals surface area (Å²) in [5, 5.41) is 18.4. The molecule has 7 nitrogen and oxygen atoms in total. The van der Waals surface area contributed by atoms with E-state index in [0.29, 0.717) is 47.3 Å². The van der Waals surface area contributed by atoms with E-state index in [2.05, 4.69) is 10.2 Å². The fourth-order valence-electron chi connectivity index (χ4n) is 3.97. The molecule has 0 spiro atoms. The summed E-state index contributed by atoms with van der Waals surface area (Å²) < 4.78 is 10.9. The molecule has 0 saturated carbocycles. The van der Waals surface area contributed by atoms with Gasteiger partial charge in [0.15, 0.2) is 0 Å². The number of hydrogen-bond acceptors (Lipinski definition) is 5. The van der Waals surface area contributed by atoms with Crippen LogP contribution in [-0.4, -0.2) is 53.0 Å². The number of halogens is 1. The van der Waals surface area contributed by atoms with Crippen LogP contribution in [-0.2, 0) is 4.74 Å². The van der Waals surface area contributed by atoms with E-state index in [9.17, 15) is 9.90 Å². The largest absolute Gasteiger partial charge is 0.507 e. The van der Waals surface area contributed by atoms with E-state index in [-0.39, 0.29) is 11.7 Å². The smallest absolute Gasteiger partial charge is 0.273 e. The number of nitrogens with zero attached hydrogens (tertiary/aromatic N) is 2. The van der Waals surface area contributed by atoms with Gasteiger partial charge in [-0.2, -0.15) is 5.10 Å². The molecule has 31 heavy (non-hydrogen) atoms. The van der Waals surface area contributed by atoms with Gasteiger partial charge in [0.05, 0.1) is 19.3 Å². The molecule has 3 aromatic rings. The molecule has 1 aromatic heterocycles. The zero-order valence-electron chi connectivity index (χ0n) is 17.6. The molecule has 162 valence electrons. The molecule has 1 unspecified atom stereocenters. The maximum absolute atomic E-state index is 13.2. The lowest BCUT2D eigenvalue weighted by molar-refractivity contribution is 0.0677. The third kappa shape index (κ3) is 3.75. The Hall–Kier alpha value is -3.03. The maximum atomic E-state index is 13.2. The van der Waals surface area contributed by atoms with E-state index < -0.39 is 6.04 Å². The van der Waals surface area contributed by atoms with Crippen LogP contribution < -0.4 is 4.74 Å². The van der Waals surface area contributed by atoms with E-state index in [1.807, 2.05) is 38.1 Å². The number of aryl methyl sites for hydroxylation is 1. The number of carbonyl (C=O) groups is 1. The second-order valence-electron chi connectivity index (χ2n) is 7.38. The second-order valence-corrected chi connectivity index (χ2v) is 7.79. The quantitative estimate of drug-likeness (QED) is 0.569. The van der Waals surface area contributed by atoms with Gasteiger partial charge in [-0.1, -0.05) is 23.7 Å². The first-order chi connectivity index (χ1) is 15.0. The number of fused-ring (bicyclic) bond motifs is 1. The number of hydrogen-bond donors (Lipinski definition) is 2. The van der Waals surface area contributed by atoms with Crippen LogP contribution in [0.25, 0.3) is 11.3 Å². The molecule has 0 saturated heterocycles. The predicted molar refractivity (Wildman–Crippen MR) is 118 cm³/mol. The fourth-order valence-corrected chi connectivity index (χ4v) is 4.13. The number of carbonyl (C=O) groups excluding carboxylic acids is 1. The highest BCUT2D eigenvalue weighted by atomic mass is 35.5. The van der Waals surface area contributed by atoms with Gasteiger partial charge in [0.2, 0.25) is 0 Å². The number of phenolic OH excluding ortho intramolecular Hbond substituents is 1.